The number of rotatable bonds is 4. The molecule has 0 saturated heterocycles. The van der Waals surface area contributed by atoms with Crippen molar-refractivity contribution in [3.63, 3.8) is 0 Å². The average molecular weight is 391 g/mol. The standard InChI is InChI=1S/C16H11BrF4O2/c17-14-7-10(16(19,20)21)3-6-12(14)13(8-15(22)23)9-1-4-11(18)5-2-9/h1-7,13H,8H2,(H,22,23)/t13-/m1/s1. The van der Waals surface area contributed by atoms with Gasteiger partial charge in [0.25, 0.3) is 0 Å². The first-order valence-corrected chi connectivity index (χ1v) is 7.31. The Bertz CT molecular complexity index is 711. The number of alkyl halides is 3. The van der Waals surface area contributed by atoms with Crippen molar-refractivity contribution in [2.75, 3.05) is 0 Å². The summed E-state index contributed by atoms with van der Waals surface area (Å²) in [4.78, 5) is 11.1. The summed E-state index contributed by atoms with van der Waals surface area (Å²) in [6, 6.07) is 8.26. The normalized spacial score (nSPS) is 12.9. The van der Waals surface area contributed by atoms with Crippen LogP contribution >= 0.6 is 15.9 Å². The maximum atomic E-state index is 13.0. The molecule has 0 unspecified atom stereocenters. The van der Waals surface area contributed by atoms with Gasteiger partial charge in [0, 0.05) is 10.4 Å². The Hall–Kier alpha value is -1.89. The van der Waals surface area contributed by atoms with Gasteiger partial charge in [-0.1, -0.05) is 34.1 Å². The van der Waals surface area contributed by atoms with Gasteiger partial charge in [0.15, 0.2) is 0 Å². The zero-order chi connectivity index (χ0) is 17.2. The molecule has 0 spiro atoms. The Labute approximate surface area is 137 Å². The summed E-state index contributed by atoms with van der Waals surface area (Å²) in [5, 5.41) is 9.07. The summed E-state index contributed by atoms with van der Waals surface area (Å²) >= 11 is 3.07. The fourth-order valence-electron chi connectivity index (χ4n) is 2.26. The van der Waals surface area contributed by atoms with Gasteiger partial charge in [0.2, 0.25) is 0 Å². The van der Waals surface area contributed by atoms with Gasteiger partial charge in [-0.05, 0) is 35.4 Å². The largest absolute Gasteiger partial charge is 0.481 e. The fourth-order valence-corrected chi connectivity index (χ4v) is 2.92. The van der Waals surface area contributed by atoms with Crippen LogP contribution in [0.3, 0.4) is 0 Å². The Balaban J connectivity index is 2.47. The summed E-state index contributed by atoms with van der Waals surface area (Å²) in [6.45, 7) is 0. The summed E-state index contributed by atoms with van der Waals surface area (Å²) in [6.07, 6.45) is -4.81. The van der Waals surface area contributed by atoms with E-state index in [1.165, 1.54) is 30.3 Å². The first-order valence-electron chi connectivity index (χ1n) is 6.52. The van der Waals surface area contributed by atoms with Crippen molar-refractivity contribution in [2.24, 2.45) is 0 Å². The maximum absolute atomic E-state index is 13.0. The molecule has 2 rings (SSSR count). The number of carboxylic acid groups (broad SMARTS) is 1. The Morgan fingerprint density at radius 3 is 2.22 bits per heavy atom. The molecule has 2 aromatic rings. The molecule has 0 radical (unpaired) electrons. The van der Waals surface area contributed by atoms with Gasteiger partial charge >= 0.3 is 12.1 Å². The highest BCUT2D eigenvalue weighted by Crippen LogP contribution is 2.37. The minimum Gasteiger partial charge on any atom is -0.481 e. The van der Waals surface area contributed by atoms with Crippen molar-refractivity contribution in [3.8, 4) is 0 Å². The van der Waals surface area contributed by atoms with Crippen molar-refractivity contribution >= 4 is 21.9 Å². The van der Waals surface area contributed by atoms with Crippen LogP contribution in [0.4, 0.5) is 17.6 Å². The Kier molecular flexibility index (Phi) is 5.09. The molecule has 0 saturated carbocycles. The van der Waals surface area contributed by atoms with E-state index in [0.29, 0.717) is 11.1 Å². The molecule has 7 heteroatoms. The van der Waals surface area contributed by atoms with Crippen LogP contribution in [-0.2, 0) is 11.0 Å². The van der Waals surface area contributed by atoms with Crippen molar-refractivity contribution in [1.82, 2.24) is 0 Å². The number of halogens is 5. The second-order valence-corrected chi connectivity index (χ2v) is 5.79. The molecule has 0 bridgehead atoms. The quantitative estimate of drug-likeness (QED) is 0.727. The molecule has 0 aromatic heterocycles. The SMILES string of the molecule is O=C(O)C[C@H](c1ccc(F)cc1)c1ccc(C(F)(F)F)cc1Br. The predicted molar refractivity (Wildman–Crippen MR) is 79.6 cm³/mol. The van der Waals surface area contributed by atoms with E-state index in [-0.39, 0.29) is 10.9 Å². The van der Waals surface area contributed by atoms with Crippen LogP contribution in [0.25, 0.3) is 0 Å². The summed E-state index contributed by atoms with van der Waals surface area (Å²) in [5.41, 5.74) is 0.0718. The highest BCUT2D eigenvalue weighted by Gasteiger charge is 2.31. The molecule has 23 heavy (non-hydrogen) atoms. The Morgan fingerprint density at radius 1 is 1.13 bits per heavy atom. The van der Waals surface area contributed by atoms with Gasteiger partial charge in [-0.25, -0.2) is 4.39 Å². The van der Waals surface area contributed by atoms with Crippen molar-refractivity contribution in [3.05, 3.63) is 69.4 Å². The number of carboxylic acids is 1. The van der Waals surface area contributed by atoms with Gasteiger partial charge in [0.1, 0.15) is 5.82 Å². The second kappa shape index (κ2) is 6.70. The van der Waals surface area contributed by atoms with Crippen LogP contribution in [0.15, 0.2) is 46.9 Å². The molecular formula is C16H11BrF4O2. The first kappa shape index (κ1) is 17.5. The molecule has 2 aromatic carbocycles. The van der Waals surface area contributed by atoms with Crippen LogP contribution < -0.4 is 0 Å². The van der Waals surface area contributed by atoms with Crippen molar-refractivity contribution in [2.45, 2.75) is 18.5 Å². The molecule has 122 valence electrons. The van der Waals surface area contributed by atoms with Crippen LogP contribution in [0.1, 0.15) is 29.0 Å². The number of hydrogen-bond acceptors (Lipinski definition) is 1. The van der Waals surface area contributed by atoms with E-state index in [4.69, 9.17) is 5.11 Å². The van der Waals surface area contributed by atoms with Gasteiger partial charge in [-0.15, -0.1) is 0 Å². The monoisotopic (exact) mass is 390 g/mol. The van der Waals surface area contributed by atoms with E-state index in [2.05, 4.69) is 15.9 Å². The lowest BCUT2D eigenvalue weighted by atomic mass is 9.88. The van der Waals surface area contributed by atoms with Gasteiger partial charge in [0.05, 0.1) is 12.0 Å². The summed E-state index contributed by atoms with van der Waals surface area (Å²) < 4.78 is 51.3. The number of benzene rings is 2. The van der Waals surface area contributed by atoms with Crippen molar-refractivity contribution in [1.29, 1.82) is 0 Å². The second-order valence-electron chi connectivity index (χ2n) is 4.94. The van der Waals surface area contributed by atoms with Gasteiger partial charge in [-0.2, -0.15) is 13.2 Å². The summed E-state index contributed by atoms with van der Waals surface area (Å²) in [5.74, 6) is -2.27. The topological polar surface area (TPSA) is 37.3 Å². The third-order valence-electron chi connectivity index (χ3n) is 3.35. The lowest BCUT2D eigenvalue weighted by Crippen LogP contribution is -2.10. The van der Waals surface area contributed by atoms with E-state index in [0.717, 1.165) is 12.1 Å². The van der Waals surface area contributed by atoms with E-state index < -0.39 is 29.4 Å². The van der Waals surface area contributed by atoms with Crippen LogP contribution in [-0.4, -0.2) is 11.1 Å². The zero-order valence-electron chi connectivity index (χ0n) is 11.6. The van der Waals surface area contributed by atoms with E-state index >= 15 is 0 Å². The molecule has 0 fully saturated rings. The van der Waals surface area contributed by atoms with Crippen molar-refractivity contribution < 1.29 is 27.5 Å². The molecule has 1 atom stereocenters. The highest BCUT2D eigenvalue weighted by molar-refractivity contribution is 9.10. The number of aliphatic carboxylic acids is 1. The lowest BCUT2D eigenvalue weighted by Gasteiger charge is -2.19. The fraction of sp³-hybridized carbons (Fsp3) is 0.188. The highest BCUT2D eigenvalue weighted by atomic mass is 79.9. The number of carbonyl (C=O) groups is 1. The van der Waals surface area contributed by atoms with Gasteiger partial charge in [-0.3, -0.25) is 4.79 Å². The molecular weight excluding hydrogens is 380 g/mol. The number of hydrogen-bond donors (Lipinski definition) is 1. The zero-order valence-corrected chi connectivity index (χ0v) is 13.2. The summed E-state index contributed by atoms with van der Waals surface area (Å²) in [7, 11) is 0. The minimum atomic E-state index is -4.49. The smallest absolute Gasteiger partial charge is 0.416 e. The van der Waals surface area contributed by atoms with Crippen LogP contribution in [0.2, 0.25) is 0 Å². The van der Waals surface area contributed by atoms with E-state index in [9.17, 15) is 22.4 Å². The minimum absolute atomic E-state index is 0.155. The molecule has 2 nitrogen and oxygen atoms in total. The molecule has 0 aliphatic carbocycles. The average Bonchev–Trinajstić information content (AvgIpc) is 2.45. The predicted octanol–water partition coefficient (Wildman–Crippen LogP) is 5.21. The third-order valence-corrected chi connectivity index (χ3v) is 4.04. The Morgan fingerprint density at radius 2 is 1.74 bits per heavy atom. The van der Waals surface area contributed by atoms with Gasteiger partial charge < -0.3 is 5.11 Å². The van der Waals surface area contributed by atoms with Crippen LogP contribution in [0, 0.1) is 5.82 Å². The first-order chi connectivity index (χ1) is 10.7. The molecule has 1 N–H and O–H groups in total. The third kappa shape index (κ3) is 4.31. The van der Waals surface area contributed by atoms with E-state index in [1.807, 2.05) is 0 Å². The molecule has 0 aliphatic heterocycles. The maximum Gasteiger partial charge on any atom is 0.416 e. The van der Waals surface area contributed by atoms with E-state index in [1.54, 1.807) is 0 Å². The molecule has 0 aliphatic rings. The lowest BCUT2D eigenvalue weighted by molar-refractivity contribution is -0.138. The molecule has 0 amide bonds. The molecule has 0 heterocycles. The van der Waals surface area contributed by atoms with Crippen LogP contribution in [0.5, 0.6) is 0 Å².